The molecule has 4 rings (SSSR count). The van der Waals surface area contributed by atoms with E-state index in [2.05, 4.69) is 5.32 Å². The lowest BCUT2D eigenvalue weighted by Crippen LogP contribution is -2.20. The molecule has 2 aromatic carbocycles. The fourth-order valence-electron chi connectivity index (χ4n) is 2.69. The predicted octanol–water partition coefficient (Wildman–Crippen LogP) is 1.50. The van der Waals surface area contributed by atoms with E-state index in [1.165, 1.54) is 24.3 Å². The van der Waals surface area contributed by atoms with Gasteiger partial charge in [0.05, 0.1) is 11.1 Å². The highest BCUT2D eigenvalue weighted by Gasteiger charge is 2.29. The molecule has 2 aliphatic rings. The number of amides is 2. The summed E-state index contributed by atoms with van der Waals surface area (Å²) in [5.41, 5.74) is 0.738. The summed E-state index contributed by atoms with van der Waals surface area (Å²) in [5, 5.41) is 11.7. The van der Waals surface area contributed by atoms with Crippen LogP contribution in [0.2, 0.25) is 0 Å². The topological polar surface area (TPSA) is 111 Å². The van der Waals surface area contributed by atoms with Crippen molar-refractivity contribution in [1.29, 1.82) is 0 Å². The zero-order valence-corrected chi connectivity index (χ0v) is 12.6. The van der Waals surface area contributed by atoms with Gasteiger partial charge in [0.1, 0.15) is 5.75 Å². The molecule has 0 fully saturated rings. The number of ether oxygens (including phenoxy) is 3. The minimum Gasteiger partial charge on any atom is -0.478 e. The number of nitrogens with one attached hydrogen (secondary N) is 1. The molecule has 2 amide bonds. The van der Waals surface area contributed by atoms with Gasteiger partial charge in [-0.1, -0.05) is 6.07 Å². The molecule has 0 bridgehead atoms. The van der Waals surface area contributed by atoms with Crippen molar-refractivity contribution in [3.63, 3.8) is 0 Å². The van der Waals surface area contributed by atoms with Gasteiger partial charge in [0, 0.05) is 5.56 Å². The standard InChI is InChI=1S/C17H11NO7/c19-15-10-3-2-9(6-11(10)16(20)18-15)25-14(17(21)22)8-1-4-12-13(5-8)24-7-23-12/h1-6,14H,7H2,(H,21,22)(H,18,19,20). The summed E-state index contributed by atoms with van der Waals surface area (Å²) in [6.45, 7) is 0.0747. The Kier molecular flexibility index (Phi) is 3.31. The average Bonchev–Trinajstić information content (AvgIpc) is 3.16. The number of carboxylic acids is 1. The number of carboxylic acid groups (broad SMARTS) is 1. The van der Waals surface area contributed by atoms with Crippen LogP contribution in [0.4, 0.5) is 0 Å². The van der Waals surface area contributed by atoms with Crippen molar-refractivity contribution in [1.82, 2.24) is 5.32 Å². The lowest BCUT2D eigenvalue weighted by molar-refractivity contribution is -0.145. The fourth-order valence-corrected chi connectivity index (χ4v) is 2.69. The first-order valence-corrected chi connectivity index (χ1v) is 7.31. The third-order valence-electron chi connectivity index (χ3n) is 3.88. The number of fused-ring (bicyclic) bond motifs is 2. The number of carbonyl (C=O) groups excluding carboxylic acids is 2. The summed E-state index contributed by atoms with van der Waals surface area (Å²) in [6.07, 6.45) is -1.31. The maximum Gasteiger partial charge on any atom is 0.349 e. The molecule has 0 aromatic heterocycles. The van der Waals surface area contributed by atoms with Crippen LogP contribution in [-0.4, -0.2) is 29.7 Å². The van der Waals surface area contributed by atoms with Gasteiger partial charge in [-0.25, -0.2) is 4.79 Å². The van der Waals surface area contributed by atoms with E-state index >= 15 is 0 Å². The van der Waals surface area contributed by atoms with Crippen molar-refractivity contribution < 1.29 is 33.7 Å². The Morgan fingerprint density at radius 3 is 2.60 bits per heavy atom. The second-order valence-electron chi connectivity index (χ2n) is 5.44. The van der Waals surface area contributed by atoms with Crippen LogP contribution >= 0.6 is 0 Å². The summed E-state index contributed by atoms with van der Waals surface area (Å²) in [6, 6.07) is 8.91. The van der Waals surface area contributed by atoms with Crippen molar-refractivity contribution in [2.45, 2.75) is 6.10 Å². The number of hydrogen-bond donors (Lipinski definition) is 2. The Balaban J connectivity index is 1.65. The Labute approximate surface area is 140 Å². The monoisotopic (exact) mass is 341 g/mol. The molecule has 0 radical (unpaired) electrons. The Morgan fingerprint density at radius 1 is 1.04 bits per heavy atom. The number of benzene rings is 2. The molecule has 2 aliphatic heterocycles. The highest BCUT2D eigenvalue weighted by Crippen LogP contribution is 2.35. The van der Waals surface area contributed by atoms with Gasteiger partial charge in [-0.15, -0.1) is 0 Å². The Hall–Kier alpha value is -3.55. The van der Waals surface area contributed by atoms with E-state index in [4.69, 9.17) is 14.2 Å². The lowest BCUT2D eigenvalue weighted by Gasteiger charge is -2.16. The minimum atomic E-state index is -1.31. The highest BCUT2D eigenvalue weighted by atomic mass is 16.7. The van der Waals surface area contributed by atoms with Crippen LogP contribution in [0.1, 0.15) is 32.4 Å². The molecule has 0 aliphatic carbocycles. The van der Waals surface area contributed by atoms with Gasteiger partial charge in [0.15, 0.2) is 11.5 Å². The molecule has 2 heterocycles. The molecule has 1 unspecified atom stereocenters. The molecule has 2 aromatic rings. The number of hydrogen-bond acceptors (Lipinski definition) is 6. The van der Waals surface area contributed by atoms with Crippen LogP contribution in [0, 0.1) is 0 Å². The maximum atomic E-state index is 11.7. The molecule has 0 saturated heterocycles. The molecule has 8 nitrogen and oxygen atoms in total. The molecule has 1 atom stereocenters. The van der Waals surface area contributed by atoms with E-state index in [9.17, 15) is 19.5 Å². The highest BCUT2D eigenvalue weighted by molar-refractivity contribution is 6.21. The number of imide groups is 1. The third-order valence-corrected chi connectivity index (χ3v) is 3.88. The third kappa shape index (κ3) is 2.53. The van der Waals surface area contributed by atoms with E-state index in [1.54, 1.807) is 12.1 Å². The van der Waals surface area contributed by atoms with Gasteiger partial charge in [-0.3, -0.25) is 14.9 Å². The second kappa shape index (κ2) is 5.52. The van der Waals surface area contributed by atoms with E-state index in [0.717, 1.165) is 0 Å². The van der Waals surface area contributed by atoms with Crippen molar-refractivity contribution >= 4 is 17.8 Å². The van der Waals surface area contributed by atoms with Crippen LogP contribution < -0.4 is 19.5 Å². The van der Waals surface area contributed by atoms with Crippen LogP contribution in [0.15, 0.2) is 36.4 Å². The maximum absolute atomic E-state index is 11.7. The van der Waals surface area contributed by atoms with E-state index in [-0.39, 0.29) is 23.7 Å². The summed E-state index contributed by atoms with van der Waals surface area (Å²) in [7, 11) is 0. The van der Waals surface area contributed by atoms with Gasteiger partial charge in [0.25, 0.3) is 11.8 Å². The van der Waals surface area contributed by atoms with Crippen molar-refractivity contribution in [2.75, 3.05) is 6.79 Å². The lowest BCUT2D eigenvalue weighted by atomic mass is 10.1. The van der Waals surface area contributed by atoms with Crippen LogP contribution in [-0.2, 0) is 4.79 Å². The normalized spacial score (nSPS) is 15.5. The van der Waals surface area contributed by atoms with Crippen LogP contribution in [0.25, 0.3) is 0 Å². The number of rotatable bonds is 4. The Bertz CT molecular complexity index is 921. The van der Waals surface area contributed by atoms with Gasteiger partial charge in [0.2, 0.25) is 12.9 Å². The van der Waals surface area contributed by atoms with Gasteiger partial charge in [-0.2, -0.15) is 0 Å². The quantitative estimate of drug-likeness (QED) is 0.811. The smallest absolute Gasteiger partial charge is 0.349 e. The molecule has 0 saturated carbocycles. The molecule has 0 spiro atoms. The number of aliphatic carboxylic acids is 1. The van der Waals surface area contributed by atoms with E-state index in [1.807, 2.05) is 0 Å². The van der Waals surface area contributed by atoms with Crippen molar-refractivity contribution in [3.05, 3.63) is 53.1 Å². The molecule has 2 N–H and O–H groups in total. The second-order valence-corrected chi connectivity index (χ2v) is 5.44. The summed E-state index contributed by atoms with van der Waals surface area (Å²) in [4.78, 5) is 34.9. The predicted molar refractivity (Wildman–Crippen MR) is 81.8 cm³/mol. The zero-order chi connectivity index (χ0) is 17.6. The van der Waals surface area contributed by atoms with Crippen LogP contribution in [0.3, 0.4) is 0 Å². The largest absolute Gasteiger partial charge is 0.478 e. The molecular weight excluding hydrogens is 330 g/mol. The molecular formula is C17H11NO7. The number of carbonyl (C=O) groups is 3. The van der Waals surface area contributed by atoms with Gasteiger partial charge < -0.3 is 19.3 Å². The molecule has 25 heavy (non-hydrogen) atoms. The summed E-state index contributed by atoms with van der Waals surface area (Å²) >= 11 is 0. The Morgan fingerprint density at radius 2 is 1.80 bits per heavy atom. The van der Waals surface area contributed by atoms with Crippen molar-refractivity contribution in [2.24, 2.45) is 0 Å². The first kappa shape index (κ1) is 15.0. The van der Waals surface area contributed by atoms with Crippen molar-refractivity contribution in [3.8, 4) is 17.2 Å². The first-order valence-electron chi connectivity index (χ1n) is 7.31. The first-order chi connectivity index (χ1) is 12.0. The summed E-state index contributed by atoms with van der Waals surface area (Å²) < 4.78 is 16.0. The molecule has 126 valence electrons. The summed E-state index contributed by atoms with van der Waals surface area (Å²) in [5.74, 6) is -1.11. The van der Waals surface area contributed by atoms with E-state index in [0.29, 0.717) is 17.1 Å². The fraction of sp³-hybridized carbons (Fsp3) is 0.118. The minimum absolute atomic E-state index is 0.0747. The van der Waals surface area contributed by atoms with Gasteiger partial charge in [-0.05, 0) is 30.3 Å². The van der Waals surface area contributed by atoms with E-state index < -0.39 is 23.9 Å². The SMILES string of the molecule is O=C1NC(=O)c2cc(OC(C(=O)O)c3ccc4c(c3)OCO4)ccc21. The van der Waals surface area contributed by atoms with Gasteiger partial charge >= 0.3 is 5.97 Å². The molecule has 8 heteroatoms. The van der Waals surface area contributed by atoms with Crippen LogP contribution in [0.5, 0.6) is 17.2 Å². The zero-order valence-electron chi connectivity index (χ0n) is 12.6. The average molecular weight is 341 g/mol.